The second-order valence-corrected chi connectivity index (χ2v) is 8.77. The zero-order chi connectivity index (χ0) is 23.6. The summed E-state index contributed by atoms with van der Waals surface area (Å²) in [5, 5.41) is 8.23. The molecule has 1 saturated carbocycles. The summed E-state index contributed by atoms with van der Waals surface area (Å²) in [4.78, 5) is 2.37. The quantitative estimate of drug-likeness (QED) is 0.592. The number of fused-ring (bicyclic) bond motifs is 1. The molecule has 0 aromatic carbocycles. The van der Waals surface area contributed by atoms with E-state index in [1.165, 1.54) is 42.6 Å². The minimum Gasteiger partial charge on any atom is -0.381 e. The van der Waals surface area contributed by atoms with Gasteiger partial charge < -0.3 is 14.8 Å². The fourth-order valence-electron chi connectivity index (χ4n) is 4.35. The molecule has 6 nitrogen and oxygen atoms in total. The molecule has 186 valence electrons. The van der Waals surface area contributed by atoms with E-state index in [9.17, 15) is 13.2 Å². The number of aromatic nitrogens is 2. The van der Waals surface area contributed by atoms with Gasteiger partial charge in [0, 0.05) is 44.8 Å². The molecule has 0 bridgehead atoms. The van der Waals surface area contributed by atoms with Crippen LogP contribution in [0.3, 0.4) is 0 Å². The van der Waals surface area contributed by atoms with E-state index < -0.39 is 12.6 Å². The number of hydrogen-bond acceptors (Lipinski definition) is 5. The van der Waals surface area contributed by atoms with Crippen LogP contribution in [-0.4, -0.2) is 67.9 Å². The van der Waals surface area contributed by atoms with Gasteiger partial charge in [0.1, 0.15) is 0 Å². The second-order valence-electron chi connectivity index (χ2n) is 8.77. The van der Waals surface area contributed by atoms with Crippen LogP contribution in [0.1, 0.15) is 68.8 Å². The number of hydrogen-bond donors (Lipinski definition) is 1. The first kappa shape index (κ1) is 27.1. The molecule has 9 heteroatoms. The molecule has 0 saturated heterocycles. The number of likely N-dealkylation sites (N-methyl/N-ethyl adjacent to an activating group) is 2. The molecule has 1 fully saturated rings. The van der Waals surface area contributed by atoms with E-state index in [0.29, 0.717) is 5.92 Å². The fraction of sp³-hybridized carbons (Fsp3) is 0.870. The standard InChI is InChI=1S/C20H36N4O2.C3H5F3/c1-4-25-14-16-5-7-17(8-6-16)20-18(13-23(3)10-9-21-2)22-24-11-12-26-15-19(20)24;1-2-3(4,5)6/h16-17,21H,4-15H2,1-3H3;2H2,1H3. The Hall–Kier alpha value is -1.16. The highest BCUT2D eigenvalue weighted by Gasteiger charge is 2.30. The molecule has 1 N–H and O–H groups in total. The van der Waals surface area contributed by atoms with E-state index in [0.717, 1.165) is 65.4 Å². The Morgan fingerprint density at radius 2 is 1.91 bits per heavy atom. The molecule has 1 aromatic heterocycles. The molecule has 2 heterocycles. The molecule has 0 unspecified atom stereocenters. The minimum atomic E-state index is -3.96. The van der Waals surface area contributed by atoms with Gasteiger partial charge in [-0.3, -0.25) is 9.58 Å². The van der Waals surface area contributed by atoms with Crippen LogP contribution < -0.4 is 5.32 Å². The maximum atomic E-state index is 10.8. The van der Waals surface area contributed by atoms with Crippen molar-refractivity contribution < 1.29 is 22.6 Å². The van der Waals surface area contributed by atoms with Crippen LogP contribution in [-0.2, 0) is 29.2 Å². The van der Waals surface area contributed by atoms with Gasteiger partial charge >= 0.3 is 6.18 Å². The number of halogens is 3. The first-order valence-corrected chi connectivity index (χ1v) is 11.9. The topological polar surface area (TPSA) is 51.5 Å². The Kier molecular flexibility index (Phi) is 11.4. The van der Waals surface area contributed by atoms with Gasteiger partial charge in [0.15, 0.2) is 0 Å². The summed E-state index contributed by atoms with van der Waals surface area (Å²) in [5.41, 5.74) is 4.11. The lowest BCUT2D eigenvalue weighted by Crippen LogP contribution is -2.28. The summed E-state index contributed by atoms with van der Waals surface area (Å²) in [6.07, 6.45) is 0.358. The minimum absolute atomic E-state index is 0.631. The normalized spacial score (nSPS) is 21.2. The average Bonchev–Trinajstić information content (AvgIpc) is 3.14. The largest absolute Gasteiger partial charge is 0.388 e. The van der Waals surface area contributed by atoms with Crippen LogP contribution in [0.25, 0.3) is 0 Å². The fourth-order valence-corrected chi connectivity index (χ4v) is 4.35. The van der Waals surface area contributed by atoms with E-state index in [2.05, 4.69) is 28.9 Å². The number of rotatable bonds is 9. The van der Waals surface area contributed by atoms with Gasteiger partial charge in [0.25, 0.3) is 0 Å². The number of nitrogens with zero attached hydrogens (tertiary/aromatic N) is 3. The van der Waals surface area contributed by atoms with Gasteiger partial charge in [-0.25, -0.2) is 0 Å². The SMILES string of the molecule is CCC(F)(F)F.CCOCC1CCC(c2c(CN(C)CCNC)nn3c2COCC3)CC1. The van der Waals surface area contributed by atoms with Crippen molar-refractivity contribution in [3.63, 3.8) is 0 Å². The van der Waals surface area contributed by atoms with E-state index in [1.807, 2.05) is 7.05 Å². The molecule has 0 amide bonds. The molecule has 0 spiro atoms. The number of alkyl halides is 3. The van der Waals surface area contributed by atoms with Crippen molar-refractivity contribution in [2.75, 3.05) is 47.0 Å². The monoisotopic (exact) mass is 462 g/mol. The molecule has 1 aromatic rings. The molecule has 0 atom stereocenters. The predicted octanol–water partition coefficient (Wildman–Crippen LogP) is 4.33. The van der Waals surface area contributed by atoms with Gasteiger partial charge in [-0.2, -0.15) is 18.3 Å². The first-order chi connectivity index (χ1) is 15.3. The summed E-state index contributed by atoms with van der Waals surface area (Å²) in [7, 11) is 4.20. The summed E-state index contributed by atoms with van der Waals surface area (Å²) in [6, 6.07) is 0. The summed E-state index contributed by atoms with van der Waals surface area (Å²) in [5.74, 6) is 1.36. The summed E-state index contributed by atoms with van der Waals surface area (Å²) >= 11 is 0. The lowest BCUT2D eigenvalue weighted by Gasteiger charge is -2.30. The van der Waals surface area contributed by atoms with Gasteiger partial charge in [0.05, 0.1) is 31.1 Å². The highest BCUT2D eigenvalue weighted by molar-refractivity contribution is 5.31. The number of ether oxygens (including phenoxy) is 2. The van der Waals surface area contributed by atoms with E-state index in [4.69, 9.17) is 14.6 Å². The van der Waals surface area contributed by atoms with Crippen LogP contribution in [0, 0.1) is 5.92 Å². The zero-order valence-corrected chi connectivity index (χ0v) is 20.1. The second kappa shape index (κ2) is 13.5. The summed E-state index contributed by atoms with van der Waals surface area (Å²) < 4.78 is 46.0. The van der Waals surface area contributed by atoms with Crippen LogP contribution in [0.2, 0.25) is 0 Å². The van der Waals surface area contributed by atoms with Crippen molar-refractivity contribution in [1.29, 1.82) is 0 Å². The van der Waals surface area contributed by atoms with E-state index >= 15 is 0 Å². The van der Waals surface area contributed by atoms with Gasteiger partial charge in [0.2, 0.25) is 0 Å². The van der Waals surface area contributed by atoms with E-state index in [1.54, 1.807) is 0 Å². The molecule has 1 aliphatic carbocycles. The highest BCUT2D eigenvalue weighted by atomic mass is 19.4. The number of nitrogens with one attached hydrogen (secondary N) is 1. The molecule has 0 radical (unpaired) electrons. The van der Waals surface area contributed by atoms with Crippen LogP contribution in [0.5, 0.6) is 0 Å². The molecule has 32 heavy (non-hydrogen) atoms. The lowest BCUT2D eigenvalue weighted by molar-refractivity contribution is -0.130. The van der Waals surface area contributed by atoms with Crippen molar-refractivity contribution in [2.24, 2.45) is 5.92 Å². The molecule has 1 aliphatic heterocycles. The van der Waals surface area contributed by atoms with Crippen molar-refractivity contribution in [1.82, 2.24) is 20.0 Å². The molecule has 2 aliphatic rings. The van der Waals surface area contributed by atoms with Gasteiger partial charge in [-0.05, 0) is 58.5 Å². The smallest absolute Gasteiger partial charge is 0.381 e. The molecule has 3 rings (SSSR count). The third-order valence-corrected chi connectivity index (χ3v) is 6.24. The molecular formula is C23H41F3N4O2. The Bertz CT molecular complexity index is 658. The van der Waals surface area contributed by atoms with Crippen molar-refractivity contribution >= 4 is 0 Å². The first-order valence-electron chi connectivity index (χ1n) is 11.9. The van der Waals surface area contributed by atoms with E-state index in [-0.39, 0.29) is 0 Å². The Labute approximate surface area is 190 Å². The van der Waals surface area contributed by atoms with Gasteiger partial charge in [-0.1, -0.05) is 6.92 Å². The van der Waals surface area contributed by atoms with Gasteiger partial charge in [-0.15, -0.1) is 0 Å². The van der Waals surface area contributed by atoms with Crippen molar-refractivity contribution in [3.05, 3.63) is 17.0 Å². The average molecular weight is 463 g/mol. The van der Waals surface area contributed by atoms with Crippen LogP contribution in [0.15, 0.2) is 0 Å². The van der Waals surface area contributed by atoms with Crippen LogP contribution >= 0.6 is 0 Å². The lowest BCUT2D eigenvalue weighted by atomic mass is 9.78. The third kappa shape index (κ3) is 8.65. The highest BCUT2D eigenvalue weighted by Crippen LogP contribution is 2.39. The third-order valence-electron chi connectivity index (χ3n) is 6.24. The Morgan fingerprint density at radius 1 is 1.22 bits per heavy atom. The maximum absolute atomic E-state index is 10.8. The van der Waals surface area contributed by atoms with Crippen molar-refractivity contribution in [3.8, 4) is 0 Å². The van der Waals surface area contributed by atoms with Crippen LogP contribution in [0.4, 0.5) is 13.2 Å². The maximum Gasteiger partial charge on any atom is 0.388 e. The Morgan fingerprint density at radius 3 is 2.50 bits per heavy atom. The predicted molar refractivity (Wildman–Crippen MR) is 120 cm³/mol. The van der Waals surface area contributed by atoms with Crippen molar-refractivity contribution in [2.45, 2.75) is 77.7 Å². The Balaban J connectivity index is 0.000000534. The zero-order valence-electron chi connectivity index (χ0n) is 20.1. The molecular weight excluding hydrogens is 421 g/mol. The summed E-state index contributed by atoms with van der Waals surface area (Å²) in [6.45, 7) is 10.3.